The Kier molecular flexibility index (Phi) is 5.25. The highest BCUT2D eigenvalue weighted by atomic mass is 35.5. The van der Waals surface area contributed by atoms with Crippen LogP contribution in [0.1, 0.15) is 26.5 Å². The number of carbonyl (C=O) groups is 2. The van der Waals surface area contributed by atoms with E-state index in [0.29, 0.717) is 16.7 Å². The van der Waals surface area contributed by atoms with Crippen LogP contribution in [0.25, 0.3) is 11.0 Å². The second-order valence-electron chi connectivity index (χ2n) is 6.44. The molecule has 7 heteroatoms. The van der Waals surface area contributed by atoms with Crippen LogP contribution < -0.4 is 10.1 Å². The Morgan fingerprint density at radius 2 is 1.70 bits per heavy atom. The topological polar surface area (TPSA) is 68.5 Å². The summed E-state index contributed by atoms with van der Waals surface area (Å²) in [4.78, 5) is 25.8. The van der Waals surface area contributed by atoms with Crippen molar-refractivity contribution in [3.63, 3.8) is 0 Å². The molecule has 0 spiro atoms. The molecule has 0 atom stereocenters. The number of carbonyl (C=O) groups excluding carboxylic acids is 2. The van der Waals surface area contributed by atoms with Crippen LogP contribution in [0.2, 0.25) is 5.02 Å². The first-order valence-corrected chi connectivity index (χ1v) is 9.32. The standard InChI is InChI=1S/C23H15ClFNO4/c1-29-19-11-8-14(12-17(19)24)21(27)22-20(16-4-2-3-5-18(16)30-22)26-23(28)13-6-9-15(25)10-7-13/h2-12H,1H3,(H,26,28). The minimum Gasteiger partial charge on any atom is -0.495 e. The van der Waals surface area contributed by atoms with Gasteiger partial charge in [-0.2, -0.15) is 0 Å². The SMILES string of the molecule is COc1ccc(C(=O)c2oc3ccccc3c2NC(=O)c2ccc(F)cc2)cc1Cl. The van der Waals surface area contributed by atoms with Gasteiger partial charge in [0, 0.05) is 16.5 Å². The summed E-state index contributed by atoms with van der Waals surface area (Å²) in [6.07, 6.45) is 0. The lowest BCUT2D eigenvalue weighted by atomic mass is 10.1. The summed E-state index contributed by atoms with van der Waals surface area (Å²) in [5, 5.41) is 3.56. The van der Waals surface area contributed by atoms with Gasteiger partial charge < -0.3 is 14.5 Å². The van der Waals surface area contributed by atoms with Crippen molar-refractivity contribution < 1.29 is 23.1 Å². The van der Waals surface area contributed by atoms with Crippen LogP contribution in [0, 0.1) is 5.82 Å². The zero-order valence-electron chi connectivity index (χ0n) is 15.7. The molecule has 1 N–H and O–H groups in total. The van der Waals surface area contributed by atoms with Crippen LogP contribution in [0.4, 0.5) is 10.1 Å². The largest absolute Gasteiger partial charge is 0.495 e. The highest BCUT2D eigenvalue weighted by Gasteiger charge is 2.24. The highest BCUT2D eigenvalue weighted by Crippen LogP contribution is 2.34. The third-order valence-electron chi connectivity index (χ3n) is 4.56. The van der Waals surface area contributed by atoms with E-state index < -0.39 is 17.5 Å². The van der Waals surface area contributed by atoms with Crippen molar-refractivity contribution in [3.8, 4) is 5.75 Å². The number of methoxy groups -OCH3 is 1. The molecule has 0 radical (unpaired) electrons. The molecule has 0 aliphatic carbocycles. The normalized spacial score (nSPS) is 10.8. The lowest BCUT2D eigenvalue weighted by Gasteiger charge is -2.08. The van der Waals surface area contributed by atoms with E-state index in [0.717, 1.165) is 0 Å². The van der Waals surface area contributed by atoms with Crippen LogP contribution >= 0.6 is 11.6 Å². The molecule has 1 heterocycles. The van der Waals surface area contributed by atoms with E-state index in [9.17, 15) is 14.0 Å². The van der Waals surface area contributed by atoms with Crippen LogP contribution in [0.5, 0.6) is 5.75 Å². The number of hydrogen-bond acceptors (Lipinski definition) is 4. The maximum atomic E-state index is 13.2. The molecule has 0 bridgehead atoms. The Bertz CT molecular complexity index is 1260. The first kappa shape index (κ1) is 19.7. The van der Waals surface area contributed by atoms with E-state index >= 15 is 0 Å². The predicted molar refractivity (Wildman–Crippen MR) is 112 cm³/mol. The number of fused-ring (bicyclic) bond motifs is 1. The monoisotopic (exact) mass is 423 g/mol. The first-order chi connectivity index (χ1) is 14.5. The third-order valence-corrected chi connectivity index (χ3v) is 4.86. The maximum absolute atomic E-state index is 13.2. The third kappa shape index (κ3) is 3.65. The van der Waals surface area contributed by atoms with Gasteiger partial charge in [0.25, 0.3) is 5.91 Å². The van der Waals surface area contributed by atoms with E-state index in [-0.39, 0.29) is 27.6 Å². The molecule has 0 saturated heterocycles. The van der Waals surface area contributed by atoms with Crippen molar-refractivity contribution in [1.82, 2.24) is 0 Å². The van der Waals surface area contributed by atoms with Crippen LogP contribution in [-0.2, 0) is 0 Å². The number of nitrogens with one attached hydrogen (secondary N) is 1. The van der Waals surface area contributed by atoms with Gasteiger partial charge >= 0.3 is 0 Å². The number of amides is 1. The fraction of sp³-hybridized carbons (Fsp3) is 0.0435. The van der Waals surface area contributed by atoms with Crippen molar-refractivity contribution >= 4 is 39.9 Å². The Labute approximate surface area is 176 Å². The molecule has 0 fully saturated rings. The Morgan fingerprint density at radius 1 is 1.00 bits per heavy atom. The number of anilines is 1. The van der Waals surface area contributed by atoms with E-state index in [1.165, 1.54) is 37.4 Å². The summed E-state index contributed by atoms with van der Waals surface area (Å²) in [7, 11) is 1.48. The van der Waals surface area contributed by atoms with E-state index in [4.69, 9.17) is 20.8 Å². The molecule has 0 unspecified atom stereocenters. The smallest absolute Gasteiger partial charge is 0.255 e. The van der Waals surface area contributed by atoms with Crippen molar-refractivity contribution in [2.75, 3.05) is 12.4 Å². The number of para-hydroxylation sites is 1. The van der Waals surface area contributed by atoms with Crippen LogP contribution in [0.15, 0.2) is 71.1 Å². The van der Waals surface area contributed by atoms with Gasteiger partial charge in [0.15, 0.2) is 5.76 Å². The maximum Gasteiger partial charge on any atom is 0.255 e. The van der Waals surface area contributed by atoms with Gasteiger partial charge in [-0.25, -0.2) is 4.39 Å². The van der Waals surface area contributed by atoms with Crippen molar-refractivity contribution in [3.05, 3.63) is 94.5 Å². The van der Waals surface area contributed by atoms with Crippen molar-refractivity contribution in [1.29, 1.82) is 0 Å². The number of halogens is 2. The number of ketones is 1. The number of benzene rings is 3. The first-order valence-electron chi connectivity index (χ1n) is 8.94. The second kappa shape index (κ2) is 8.00. The van der Waals surface area contributed by atoms with Gasteiger partial charge in [-0.3, -0.25) is 9.59 Å². The molecular formula is C23H15ClFNO4. The summed E-state index contributed by atoms with van der Waals surface area (Å²) in [5.41, 5.74) is 1.19. The zero-order chi connectivity index (χ0) is 21.3. The average Bonchev–Trinajstić information content (AvgIpc) is 3.12. The average molecular weight is 424 g/mol. The summed E-state index contributed by atoms with van der Waals surface area (Å²) in [5.74, 6) is -1.00. The molecule has 1 amide bonds. The summed E-state index contributed by atoms with van der Waals surface area (Å²) >= 11 is 6.15. The van der Waals surface area contributed by atoms with E-state index in [1.54, 1.807) is 36.4 Å². The minimum absolute atomic E-state index is 0.0344. The van der Waals surface area contributed by atoms with Gasteiger partial charge in [-0.05, 0) is 54.6 Å². The quantitative estimate of drug-likeness (QED) is 0.417. The molecule has 3 aromatic carbocycles. The molecule has 150 valence electrons. The number of rotatable bonds is 5. The predicted octanol–water partition coefficient (Wildman–Crippen LogP) is 5.72. The molecule has 5 nitrogen and oxygen atoms in total. The number of furan rings is 1. The van der Waals surface area contributed by atoms with Gasteiger partial charge in [0.1, 0.15) is 17.1 Å². The molecule has 0 aliphatic heterocycles. The van der Waals surface area contributed by atoms with Crippen LogP contribution in [-0.4, -0.2) is 18.8 Å². The van der Waals surface area contributed by atoms with Gasteiger partial charge in [0.2, 0.25) is 5.78 Å². The lowest BCUT2D eigenvalue weighted by molar-refractivity contribution is 0.101. The molecule has 0 aliphatic rings. The zero-order valence-corrected chi connectivity index (χ0v) is 16.5. The second-order valence-corrected chi connectivity index (χ2v) is 6.85. The summed E-state index contributed by atoms with van der Waals surface area (Å²) in [6.45, 7) is 0. The highest BCUT2D eigenvalue weighted by molar-refractivity contribution is 6.32. The molecule has 30 heavy (non-hydrogen) atoms. The molecule has 0 saturated carbocycles. The fourth-order valence-corrected chi connectivity index (χ4v) is 3.31. The molecule has 1 aromatic heterocycles. The van der Waals surface area contributed by atoms with Crippen molar-refractivity contribution in [2.45, 2.75) is 0 Å². The Balaban J connectivity index is 1.76. The Hall–Kier alpha value is -3.64. The van der Waals surface area contributed by atoms with E-state index in [1.807, 2.05) is 0 Å². The summed E-state index contributed by atoms with van der Waals surface area (Å²) < 4.78 is 24.1. The fourth-order valence-electron chi connectivity index (χ4n) is 3.06. The lowest BCUT2D eigenvalue weighted by Crippen LogP contribution is -2.14. The molecule has 4 rings (SSSR count). The minimum atomic E-state index is -0.497. The van der Waals surface area contributed by atoms with Crippen molar-refractivity contribution in [2.24, 2.45) is 0 Å². The van der Waals surface area contributed by atoms with Gasteiger partial charge in [0.05, 0.1) is 17.8 Å². The van der Waals surface area contributed by atoms with E-state index in [2.05, 4.69) is 5.32 Å². The number of hydrogen-bond donors (Lipinski definition) is 1. The Morgan fingerprint density at radius 3 is 2.40 bits per heavy atom. The number of ether oxygens (including phenoxy) is 1. The molecular weight excluding hydrogens is 409 g/mol. The van der Waals surface area contributed by atoms with Gasteiger partial charge in [-0.1, -0.05) is 23.7 Å². The van der Waals surface area contributed by atoms with Gasteiger partial charge in [-0.15, -0.1) is 0 Å². The molecule has 4 aromatic rings. The summed E-state index contributed by atoms with van der Waals surface area (Å²) in [6, 6.07) is 16.7. The van der Waals surface area contributed by atoms with Crippen LogP contribution in [0.3, 0.4) is 0 Å².